The number of benzene rings is 1. The van der Waals surface area contributed by atoms with Crippen LogP contribution in [0.3, 0.4) is 0 Å². The topological polar surface area (TPSA) is 55.0 Å². The lowest BCUT2D eigenvalue weighted by molar-refractivity contribution is 0.100. The van der Waals surface area contributed by atoms with Gasteiger partial charge in [0, 0.05) is 22.2 Å². The van der Waals surface area contributed by atoms with E-state index in [2.05, 4.69) is 31.0 Å². The highest BCUT2D eigenvalue weighted by Gasteiger charge is 2.26. The molecule has 1 aromatic heterocycles. The number of rotatable bonds is 1. The lowest BCUT2D eigenvalue weighted by Gasteiger charge is -2.22. The fraction of sp³-hybridized carbons (Fsp3) is 0.368. The first-order valence-corrected chi connectivity index (χ1v) is 7.80. The molecule has 0 radical (unpaired) electrons. The van der Waals surface area contributed by atoms with E-state index >= 15 is 0 Å². The zero-order chi connectivity index (χ0) is 16.8. The average Bonchev–Trinajstić information content (AvgIpc) is 2.90. The van der Waals surface area contributed by atoms with Crippen LogP contribution >= 0.6 is 0 Å². The molecule has 0 saturated carbocycles. The van der Waals surface area contributed by atoms with E-state index < -0.39 is 0 Å². The van der Waals surface area contributed by atoms with E-state index in [1.807, 2.05) is 32.1 Å². The van der Waals surface area contributed by atoms with Crippen LogP contribution in [0.15, 0.2) is 23.9 Å². The highest BCUT2D eigenvalue weighted by molar-refractivity contribution is 6.14. The summed E-state index contributed by atoms with van der Waals surface area (Å²) in [4.78, 5) is 12.8. The van der Waals surface area contributed by atoms with Gasteiger partial charge in [-0.3, -0.25) is 9.89 Å². The van der Waals surface area contributed by atoms with Gasteiger partial charge in [0.25, 0.3) is 0 Å². The molecule has 0 spiro atoms. The smallest absolute Gasteiger partial charge is 0.196 e. The third-order valence-electron chi connectivity index (χ3n) is 4.08. The number of ketones is 1. The number of fused-ring (bicyclic) bond motifs is 1. The van der Waals surface area contributed by atoms with Crippen LogP contribution in [0.1, 0.15) is 53.5 Å². The predicted molar refractivity (Wildman–Crippen MR) is 91.0 cm³/mol. The minimum atomic E-state index is -0.0629. The molecule has 2 heterocycles. The van der Waals surface area contributed by atoms with E-state index in [9.17, 15) is 4.79 Å². The summed E-state index contributed by atoms with van der Waals surface area (Å²) in [7, 11) is 0. The summed E-state index contributed by atoms with van der Waals surface area (Å²) in [6.45, 7) is 10.6. The Bertz CT molecular complexity index is 807. The Hall–Kier alpha value is -2.36. The van der Waals surface area contributed by atoms with Crippen molar-refractivity contribution in [3.8, 4) is 5.75 Å². The third-order valence-corrected chi connectivity index (χ3v) is 4.08. The highest BCUT2D eigenvalue weighted by Crippen LogP contribution is 2.33. The number of aromatic nitrogens is 2. The van der Waals surface area contributed by atoms with Crippen molar-refractivity contribution in [2.24, 2.45) is 0 Å². The van der Waals surface area contributed by atoms with Crippen LogP contribution in [-0.2, 0) is 5.41 Å². The minimum Gasteiger partial charge on any atom is -0.488 e. The summed E-state index contributed by atoms with van der Waals surface area (Å²) in [5.74, 6) is 0.750. The van der Waals surface area contributed by atoms with Crippen molar-refractivity contribution in [2.75, 3.05) is 6.61 Å². The van der Waals surface area contributed by atoms with Crippen molar-refractivity contribution in [1.29, 1.82) is 0 Å². The largest absolute Gasteiger partial charge is 0.488 e. The van der Waals surface area contributed by atoms with Crippen LogP contribution in [0.2, 0.25) is 0 Å². The Morgan fingerprint density at radius 1 is 1.26 bits per heavy atom. The van der Waals surface area contributed by atoms with Crippen LogP contribution in [0.4, 0.5) is 0 Å². The number of nitrogens with one attached hydrogen (secondary N) is 1. The van der Waals surface area contributed by atoms with Crippen molar-refractivity contribution in [3.05, 3.63) is 51.9 Å². The van der Waals surface area contributed by atoms with Crippen LogP contribution in [0.5, 0.6) is 5.75 Å². The van der Waals surface area contributed by atoms with E-state index in [-0.39, 0.29) is 11.2 Å². The second kappa shape index (κ2) is 5.37. The quantitative estimate of drug-likeness (QED) is 0.810. The van der Waals surface area contributed by atoms with Crippen molar-refractivity contribution in [1.82, 2.24) is 10.2 Å². The molecule has 120 valence electrons. The Labute approximate surface area is 136 Å². The zero-order valence-corrected chi connectivity index (χ0v) is 14.3. The molecule has 0 saturated heterocycles. The monoisotopic (exact) mass is 310 g/mol. The maximum Gasteiger partial charge on any atom is 0.196 e. The number of carbonyl (C=O) groups is 1. The van der Waals surface area contributed by atoms with Crippen LogP contribution < -0.4 is 4.74 Å². The SMILES string of the molecule is Cc1cc(C)c2c(c1)C(=O)C(=Cc1cn[nH]c1C(C)(C)C)CO2. The van der Waals surface area contributed by atoms with Crippen molar-refractivity contribution in [3.63, 3.8) is 0 Å². The summed E-state index contributed by atoms with van der Waals surface area (Å²) in [5, 5.41) is 7.17. The molecule has 1 aliphatic heterocycles. The first-order chi connectivity index (χ1) is 10.8. The van der Waals surface area contributed by atoms with Gasteiger partial charge in [-0.05, 0) is 37.1 Å². The number of nitrogens with zero attached hydrogens (tertiary/aromatic N) is 1. The number of carbonyl (C=O) groups excluding carboxylic acids is 1. The second-order valence-corrected chi connectivity index (χ2v) is 7.20. The lowest BCUT2D eigenvalue weighted by Crippen LogP contribution is -2.20. The molecular weight excluding hydrogens is 288 g/mol. The normalized spacial score (nSPS) is 16.4. The molecule has 0 aliphatic carbocycles. The Balaban J connectivity index is 2.04. The van der Waals surface area contributed by atoms with Crippen LogP contribution in [0, 0.1) is 13.8 Å². The van der Waals surface area contributed by atoms with Crippen molar-refractivity contribution >= 4 is 11.9 Å². The van der Waals surface area contributed by atoms with E-state index in [1.165, 1.54) is 0 Å². The number of aryl methyl sites for hydroxylation is 2. The van der Waals surface area contributed by atoms with Crippen LogP contribution in [0.25, 0.3) is 6.08 Å². The van der Waals surface area contributed by atoms with Crippen LogP contribution in [-0.4, -0.2) is 22.6 Å². The minimum absolute atomic E-state index is 0.0408. The Morgan fingerprint density at radius 3 is 2.70 bits per heavy atom. The van der Waals surface area contributed by atoms with Gasteiger partial charge in [0.15, 0.2) is 5.78 Å². The molecule has 1 aromatic carbocycles. The van der Waals surface area contributed by atoms with E-state index in [1.54, 1.807) is 6.20 Å². The van der Waals surface area contributed by atoms with Gasteiger partial charge >= 0.3 is 0 Å². The summed E-state index contributed by atoms with van der Waals surface area (Å²) >= 11 is 0. The van der Waals surface area contributed by atoms with Gasteiger partial charge in [-0.2, -0.15) is 5.10 Å². The van der Waals surface area contributed by atoms with Gasteiger partial charge in [0.1, 0.15) is 12.4 Å². The lowest BCUT2D eigenvalue weighted by atomic mass is 9.88. The van der Waals surface area contributed by atoms with Gasteiger partial charge < -0.3 is 4.74 Å². The zero-order valence-electron chi connectivity index (χ0n) is 14.3. The number of hydrogen-bond acceptors (Lipinski definition) is 3. The third kappa shape index (κ3) is 2.81. The molecule has 0 unspecified atom stereocenters. The second-order valence-electron chi connectivity index (χ2n) is 7.20. The van der Waals surface area contributed by atoms with E-state index in [0.29, 0.717) is 23.5 Å². The maximum absolute atomic E-state index is 12.8. The highest BCUT2D eigenvalue weighted by atomic mass is 16.5. The molecular formula is C19H22N2O2. The molecule has 4 nitrogen and oxygen atoms in total. The predicted octanol–water partition coefficient (Wildman–Crippen LogP) is 3.98. The van der Waals surface area contributed by atoms with Gasteiger partial charge in [0.05, 0.1) is 11.8 Å². The molecule has 0 bridgehead atoms. The van der Waals surface area contributed by atoms with Crippen molar-refractivity contribution in [2.45, 2.75) is 40.0 Å². The summed E-state index contributed by atoms with van der Waals surface area (Å²) in [5.41, 5.74) is 5.28. The summed E-state index contributed by atoms with van der Waals surface area (Å²) in [6.07, 6.45) is 3.66. The molecule has 4 heteroatoms. The fourth-order valence-corrected chi connectivity index (χ4v) is 3.00. The van der Waals surface area contributed by atoms with Gasteiger partial charge in [0.2, 0.25) is 0 Å². The number of ether oxygens (including phenoxy) is 1. The first-order valence-electron chi connectivity index (χ1n) is 7.80. The maximum atomic E-state index is 12.8. The Kier molecular flexibility index (Phi) is 3.63. The summed E-state index contributed by atoms with van der Waals surface area (Å²) < 4.78 is 5.85. The number of H-pyrrole nitrogens is 1. The average molecular weight is 310 g/mol. The molecule has 0 amide bonds. The molecule has 0 fully saturated rings. The molecule has 3 rings (SSSR count). The number of hydrogen-bond donors (Lipinski definition) is 1. The standard InChI is InChI=1S/C19H22N2O2/c1-11-6-12(2)17-15(7-11)16(22)14(10-23-17)8-13-9-20-21-18(13)19(3,4)5/h6-9H,10H2,1-5H3,(H,20,21). The molecule has 2 aromatic rings. The van der Waals surface area contributed by atoms with E-state index in [4.69, 9.17) is 4.74 Å². The summed E-state index contributed by atoms with van der Waals surface area (Å²) in [6, 6.07) is 3.94. The number of aromatic amines is 1. The van der Waals surface area contributed by atoms with E-state index in [0.717, 1.165) is 22.4 Å². The first kappa shape index (κ1) is 15.5. The Morgan fingerprint density at radius 2 is 2.00 bits per heavy atom. The molecule has 1 N–H and O–H groups in total. The van der Waals surface area contributed by atoms with Gasteiger partial charge in [-0.25, -0.2) is 0 Å². The molecule has 1 aliphatic rings. The fourth-order valence-electron chi connectivity index (χ4n) is 3.00. The van der Waals surface area contributed by atoms with Gasteiger partial charge in [-0.1, -0.05) is 26.8 Å². The molecule has 23 heavy (non-hydrogen) atoms. The van der Waals surface area contributed by atoms with Crippen molar-refractivity contribution < 1.29 is 9.53 Å². The van der Waals surface area contributed by atoms with Gasteiger partial charge in [-0.15, -0.1) is 0 Å². The molecule has 0 atom stereocenters. The number of Topliss-reactive ketones (excluding diaryl/α,β-unsaturated/α-hetero) is 1.